The van der Waals surface area contributed by atoms with Gasteiger partial charge in [-0.05, 0) is 19.8 Å². The quantitative estimate of drug-likeness (QED) is 0.777. The summed E-state index contributed by atoms with van der Waals surface area (Å²) < 4.78 is 1.85. The van der Waals surface area contributed by atoms with Crippen LogP contribution in [0.4, 0.5) is 0 Å². The summed E-state index contributed by atoms with van der Waals surface area (Å²) in [5.74, 6) is 0.927. The molecule has 0 saturated heterocycles. The number of hydrogen-bond donors (Lipinski definition) is 2. The lowest BCUT2D eigenvalue weighted by atomic mass is 10.2. The van der Waals surface area contributed by atoms with Crippen LogP contribution >= 0.6 is 11.6 Å². The Morgan fingerprint density at radius 3 is 2.93 bits per heavy atom. The fourth-order valence-electron chi connectivity index (χ4n) is 1.35. The molecule has 4 nitrogen and oxygen atoms in total. The third kappa shape index (κ3) is 3.81. The summed E-state index contributed by atoms with van der Waals surface area (Å²) in [4.78, 5) is 4.19. The molecule has 0 aliphatic carbocycles. The molecule has 0 aliphatic heterocycles. The molecule has 0 spiro atoms. The van der Waals surface area contributed by atoms with E-state index in [4.69, 9.17) is 16.7 Å². The van der Waals surface area contributed by atoms with Crippen molar-refractivity contribution in [2.75, 3.05) is 6.61 Å². The first kappa shape index (κ1) is 12.5. The molecule has 0 aliphatic rings. The molecule has 2 N–H and O–H groups in total. The molecule has 1 atom stereocenters. The van der Waals surface area contributed by atoms with Gasteiger partial charge in [0.1, 0.15) is 11.0 Å². The number of aliphatic hydroxyl groups excluding tert-OH is 1. The molecule has 1 rings (SSSR count). The predicted molar refractivity (Wildman–Crippen MR) is 60.8 cm³/mol. The average Bonchev–Trinajstić information content (AvgIpc) is 2.54. The molecule has 0 aromatic carbocycles. The molecule has 1 aromatic rings. The first-order valence-corrected chi connectivity index (χ1v) is 5.53. The minimum absolute atomic E-state index is 0.250. The van der Waals surface area contributed by atoms with Gasteiger partial charge in [0, 0.05) is 19.7 Å². The van der Waals surface area contributed by atoms with Crippen molar-refractivity contribution in [3.8, 4) is 0 Å². The van der Waals surface area contributed by atoms with Crippen molar-refractivity contribution in [1.82, 2.24) is 14.9 Å². The number of aromatic nitrogens is 2. The second kappa shape index (κ2) is 6.10. The summed E-state index contributed by atoms with van der Waals surface area (Å²) in [6.45, 7) is 3.05. The Bertz CT molecular complexity index is 301. The largest absolute Gasteiger partial charge is 0.396 e. The molecular weight excluding hydrogens is 214 g/mol. The Morgan fingerprint density at radius 2 is 2.40 bits per heavy atom. The molecule has 5 heteroatoms. The predicted octanol–water partition coefficient (Wildman–Crippen LogP) is 1.32. The van der Waals surface area contributed by atoms with Gasteiger partial charge in [0.05, 0.1) is 12.7 Å². The van der Waals surface area contributed by atoms with Crippen LogP contribution in [0.5, 0.6) is 0 Å². The topological polar surface area (TPSA) is 50.1 Å². The number of nitrogens with one attached hydrogen (secondary N) is 1. The highest BCUT2D eigenvalue weighted by molar-refractivity contribution is 6.29. The molecule has 1 heterocycles. The second-order valence-corrected chi connectivity index (χ2v) is 4.09. The Kier molecular flexibility index (Phi) is 5.08. The minimum Gasteiger partial charge on any atom is -0.396 e. The Balaban J connectivity index is 2.33. The molecule has 1 unspecified atom stereocenters. The Morgan fingerprint density at radius 1 is 1.67 bits per heavy atom. The maximum atomic E-state index is 8.69. The van der Waals surface area contributed by atoms with Crippen molar-refractivity contribution in [2.24, 2.45) is 7.05 Å². The summed E-state index contributed by atoms with van der Waals surface area (Å²) in [7, 11) is 1.89. The zero-order valence-corrected chi connectivity index (χ0v) is 9.96. The van der Waals surface area contributed by atoms with Gasteiger partial charge in [0.25, 0.3) is 0 Å². The second-order valence-electron chi connectivity index (χ2n) is 3.70. The molecule has 15 heavy (non-hydrogen) atoms. The molecule has 86 valence electrons. The third-order valence-corrected chi connectivity index (χ3v) is 2.78. The standard InChI is InChI=1S/C10H18ClN3O/c1-8(4-3-5-15)12-7-10-13-6-9(11)14(10)2/h6,8,12,15H,3-5,7H2,1-2H3. The van der Waals surface area contributed by atoms with Crippen molar-refractivity contribution in [3.05, 3.63) is 17.2 Å². The van der Waals surface area contributed by atoms with E-state index in [9.17, 15) is 0 Å². The van der Waals surface area contributed by atoms with Crippen molar-refractivity contribution in [3.63, 3.8) is 0 Å². The number of imidazole rings is 1. The number of nitrogens with zero attached hydrogens (tertiary/aromatic N) is 2. The number of rotatable bonds is 6. The van der Waals surface area contributed by atoms with E-state index in [-0.39, 0.29) is 6.61 Å². The van der Waals surface area contributed by atoms with E-state index in [1.165, 1.54) is 0 Å². The van der Waals surface area contributed by atoms with Gasteiger partial charge in [-0.15, -0.1) is 0 Å². The minimum atomic E-state index is 0.250. The molecular formula is C10H18ClN3O. The summed E-state index contributed by atoms with van der Waals surface area (Å²) in [5, 5.41) is 12.7. The molecule has 0 fully saturated rings. The van der Waals surface area contributed by atoms with Gasteiger partial charge < -0.3 is 15.0 Å². The van der Waals surface area contributed by atoms with Crippen molar-refractivity contribution >= 4 is 11.6 Å². The van der Waals surface area contributed by atoms with Crippen LogP contribution in [0.2, 0.25) is 5.15 Å². The van der Waals surface area contributed by atoms with Gasteiger partial charge in [0.15, 0.2) is 0 Å². The first-order valence-electron chi connectivity index (χ1n) is 5.15. The summed E-state index contributed by atoms with van der Waals surface area (Å²) >= 11 is 5.87. The lowest BCUT2D eigenvalue weighted by molar-refractivity contribution is 0.276. The number of halogens is 1. The highest BCUT2D eigenvalue weighted by Crippen LogP contribution is 2.09. The maximum absolute atomic E-state index is 8.69. The van der Waals surface area contributed by atoms with Gasteiger partial charge in [-0.1, -0.05) is 11.6 Å². The maximum Gasteiger partial charge on any atom is 0.128 e. The van der Waals surface area contributed by atoms with Gasteiger partial charge in [-0.3, -0.25) is 0 Å². The van der Waals surface area contributed by atoms with Crippen molar-refractivity contribution in [1.29, 1.82) is 0 Å². The molecule has 0 bridgehead atoms. The number of hydrogen-bond acceptors (Lipinski definition) is 3. The van der Waals surface area contributed by atoms with Gasteiger partial charge >= 0.3 is 0 Å². The van der Waals surface area contributed by atoms with E-state index in [0.29, 0.717) is 17.7 Å². The smallest absolute Gasteiger partial charge is 0.128 e. The van der Waals surface area contributed by atoms with Crippen LogP contribution in [-0.2, 0) is 13.6 Å². The lowest BCUT2D eigenvalue weighted by Gasteiger charge is -2.12. The van der Waals surface area contributed by atoms with Crippen molar-refractivity contribution in [2.45, 2.75) is 32.4 Å². The van der Waals surface area contributed by atoms with Crippen LogP contribution in [0.1, 0.15) is 25.6 Å². The highest BCUT2D eigenvalue weighted by atomic mass is 35.5. The SMILES string of the molecule is CC(CCCO)NCc1ncc(Cl)n1C. The van der Waals surface area contributed by atoms with E-state index < -0.39 is 0 Å². The molecule has 0 saturated carbocycles. The monoisotopic (exact) mass is 231 g/mol. The molecule has 0 radical (unpaired) electrons. The molecule has 1 aromatic heterocycles. The fraction of sp³-hybridized carbons (Fsp3) is 0.700. The lowest BCUT2D eigenvalue weighted by Crippen LogP contribution is -2.27. The zero-order valence-electron chi connectivity index (χ0n) is 9.20. The third-order valence-electron chi connectivity index (χ3n) is 2.43. The van der Waals surface area contributed by atoms with Gasteiger partial charge in [0.2, 0.25) is 0 Å². The van der Waals surface area contributed by atoms with Gasteiger partial charge in [-0.25, -0.2) is 4.98 Å². The van der Waals surface area contributed by atoms with E-state index >= 15 is 0 Å². The Hall–Kier alpha value is -0.580. The van der Waals surface area contributed by atoms with Gasteiger partial charge in [-0.2, -0.15) is 0 Å². The van der Waals surface area contributed by atoms with E-state index in [1.54, 1.807) is 6.20 Å². The fourth-order valence-corrected chi connectivity index (χ4v) is 1.50. The van der Waals surface area contributed by atoms with Crippen LogP contribution in [-0.4, -0.2) is 27.3 Å². The van der Waals surface area contributed by atoms with E-state index in [2.05, 4.69) is 17.2 Å². The average molecular weight is 232 g/mol. The summed E-state index contributed by atoms with van der Waals surface area (Å²) in [6.07, 6.45) is 3.45. The highest BCUT2D eigenvalue weighted by Gasteiger charge is 2.06. The van der Waals surface area contributed by atoms with Crippen LogP contribution in [0.25, 0.3) is 0 Å². The zero-order chi connectivity index (χ0) is 11.3. The first-order chi connectivity index (χ1) is 7.15. The normalized spacial score (nSPS) is 13.1. The molecule has 0 amide bonds. The van der Waals surface area contributed by atoms with E-state index in [0.717, 1.165) is 18.7 Å². The van der Waals surface area contributed by atoms with Crippen LogP contribution in [0.3, 0.4) is 0 Å². The number of aliphatic hydroxyl groups is 1. The van der Waals surface area contributed by atoms with E-state index in [1.807, 2.05) is 11.6 Å². The van der Waals surface area contributed by atoms with Crippen molar-refractivity contribution < 1.29 is 5.11 Å². The van der Waals surface area contributed by atoms with Crippen LogP contribution < -0.4 is 5.32 Å². The van der Waals surface area contributed by atoms with Crippen LogP contribution in [0.15, 0.2) is 6.20 Å². The summed E-state index contributed by atoms with van der Waals surface area (Å²) in [6, 6.07) is 0.382. The Labute approximate surface area is 95.3 Å². The van der Waals surface area contributed by atoms with Crippen LogP contribution in [0, 0.1) is 0 Å². The summed E-state index contributed by atoms with van der Waals surface area (Å²) in [5.41, 5.74) is 0.